The van der Waals surface area contributed by atoms with Crippen LogP contribution >= 0.6 is 22.9 Å². The van der Waals surface area contributed by atoms with E-state index in [9.17, 15) is 4.79 Å². The van der Waals surface area contributed by atoms with Crippen LogP contribution in [0.25, 0.3) is 0 Å². The lowest BCUT2D eigenvalue weighted by atomic mass is 10.1. The zero-order chi connectivity index (χ0) is 14.7. The quantitative estimate of drug-likeness (QED) is 0.882. The van der Waals surface area contributed by atoms with Gasteiger partial charge in [-0.1, -0.05) is 11.6 Å². The molecule has 1 amide bonds. The van der Waals surface area contributed by atoms with E-state index in [0.717, 1.165) is 9.21 Å². The van der Waals surface area contributed by atoms with Gasteiger partial charge in [0.05, 0.1) is 23.7 Å². The number of nitrogens with two attached hydrogens (primary N) is 1. The average Bonchev–Trinajstić information content (AvgIpc) is 2.83. The van der Waals surface area contributed by atoms with E-state index in [0.29, 0.717) is 23.5 Å². The Hall–Kier alpha value is -1.72. The Bertz CT molecular complexity index is 627. The average molecular weight is 311 g/mol. The molecule has 2 rings (SSSR count). The fourth-order valence-electron chi connectivity index (χ4n) is 1.83. The number of rotatable bonds is 4. The normalized spacial score (nSPS) is 10.3. The van der Waals surface area contributed by atoms with Crippen LogP contribution in [0.4, 0.5) is 5.69 Å². The first-order chi connectivity index (χ1) is 9.51. The Morgan fingerprint density at radius 1 is 1.40 bits per heavy atom. The van der Waals surface area contributed by atoms with Crippen LogP contribution < -0.4 is 10.5 Å². The Labute approximate surface area is 126 Å². The van der Waals surface area contributed by atoms with Gasteiger partial charge in [-0.25, -0.2) is 0 Å². The Kier molecular flexibility index (Phi) is 4.52. The maximum Gasteiger partial charge on any atom is 0.254 e. The monoisotopic (exact) mass is 310 g/mol. The number of amides is 1. The van der Waals surface area contributed by atoms with E-state index in [4.69, 9.17) is 22.1 Å². The smallest absolute Gasteiger partial charge is 0.254 e. The Balaban J connectivity index is 2.12. The molecule has 20 heavy (non-hydrogen) atoms. The van der Waals surface area contributed by atoms with Crippen molar-refractivity contribution < 1.29 is 9.53 Å². The predicted octanol–water partition coefficient (Wildman–Crippen LogP) is 3.26. The van der Waals surface area contributed by atoms with Crippen LogP contribution in [0.5, 0.6) is 5.75 Å². The van der Waals surface area contributed by atoms with Crippen molar-refractivity contribution in [3.05, 3.63) is 45.1 Å². The molecule has 106 valence electrons. The molecule has 0 spiro atoms. The molecule has 0 bridgehead atoms. The molecule has 0 saturated carbocycles. The molecule has 0 aliphatic carbocycles. The van der Waals surface area contributed by atoms with Crippen LogP contribution in [0.2, 0.25) is 4.34 Å². The minimum atomic E-state index is -0.0936. The van der Waals surface area contributed by atoms with E-state index in [1.807, 2.05) is 12.1 Å². The summed E-state index contributed by atoms with van der Waals surface area (Å²) in [5, 5.41) is 0. The minimum Gasteiger partial charge on any atom is -0.495 e. The summed E-state index contributed by atoms with van der Waals surface area (Å²) in [7, 11) is 3.29. The topological polar surface area (TPSA) is 55.6 Å². The van der Waals surface area contributed by atoms with Gasteiger partial charge in [0.2, 0.25) is 0 Å². The molecule has 2 N–H and O–H groups in total. The SMILES string of the molecule is COc1ccc(C(=O)N(C)Cc2ccc(Cl)s2)cc1N. The largest absolute Gasteiger partial charge is 0.495 e. The Morgan fingerprint density at radius 3 is 2.70 bits per heavy atom. The van der Waals surface area contributed by atoms with Crippen LogP contribution in [-0.2, 0) is 6.54 Å². The number of halogens is 1. The molecule has 0 aliphatic heterocycles. The zero-order valence-electron chi connectivity index (χ0n) is 11.2. The number of ether oxygens (including phenoxy) is 1. The van der Waals surface area contributed by atoms with Crippen molar-refractivity contribution in [2.24, 2.45) is 0 Å². The van der Waals surface area contributed by atoms with Crippen molar-refractivity contribution in [2.75, 3.05) is 19.9 Å². The lowest BCUT2D eigenvalue weighted by molar-refractivity contribution is 0.0786. The molecule has 0 unspecified atom stereocenters. The standard InChI is InChI=1S/C14H15ClN2O2S/c1-17(8-10-4-6-13(15)20-10)14(18)9-3-5-12(19-2)11(16)7-9/h3-7H,8,16H2,1-2H3. The van der Waals surface area contributed by atoms with E-state index in [2.05, 4.69) is 0 Å². The van der Waals surface area contributed by atoms with E-state index in [1.54, 1.807) is 37.3 Å². The predicted molar refractivity (Wildman–Crippen MR) is 82.5 cm³/mol. The highest BCUT2D eigenvalue weighted by molar-refractivity contribution is 7.16. The van der Waals surface area contributed by atoms with Gasteiger partial charge in [0.15, 0.2) is 0 Å². The van der Waals surface area contributed by atoms with Gasteiger partial charge in [-0.15, -0.1) is 11.3 Å². The number of nitrogens with zero attached hydrogens (tertiary/aromatic N) is 1. The zero-order valence-corrected chi connectivity index (χ0v) is 12.8. The summed E-state index contributed by atoms with van der Waals surface area (Å²) < 4.78 is 5.79. The van der Waals surface area contributed by atoms with Crippen molar-refractivity contribution in [3.8, 4) is 5.75 Å². The van der Waals surface area contributed by atoms with Crippen LogP contribution in [0.3, 0.4) is 0 Å². The second-order valence-electron chi connectivity index (χ2n) is 4.32. The number of carbonyl (C=O) groups is 1. The molecule has 0 fully saturated rings. The first-order valence-corrected chi connectivity index (χ1v) is 7.14. The molecule has 4 nitrogen and oxygen atoms in total. The molecule has 1 aromatic carbocycles. The lowest BCUT2D eigenvalue weighted by Gasteiger charge is -2.17. The molecular weight excluding hydrogens is 296 g/mol. The van der Waals surface area contributed by atoms with Gasteiger partial charge in [-0.2, -0.15) is 0 Å². The van der Waals surface area contributed by atoms with Gasteiger partial charge in [0.25, 0.3) is 5.91 Å². The van der Waals surface area contributed by atoms with Crippen molar-refractivity contribution >= 4 is 34.5 Å². The van der Waals surface area contributed by atoms with E-state index in [-0.39, 0.29) is 5.91 Å². The summed E-state index contributed by atoms with van der Waals surface area (Å²) in [4.78, 5) is 15.0. The third-order valence-corrected chi connectivity index (χ3v) is 4.06. The van der Waals surface area contributed by atoms with Gasteiger partial charge in [-0.05, 0) is 30.3 Å². The lowest BCUT2D eigenvalue weighted by Crippen LogP contribution is -2.25. The maximum atomic E-state index is 12.3. The maximum absolute atomic E-state index is 12.3. The molecule has 0 aliphatic rings. The van der Waals surface area contributed by atoms with Gasteiger partial charge in [-0.3, -0.25) is 4.79 Å². The first-order valence-electron chi connectivity index (χ1n) is 5.94. The van der Waals surface area contributed by atoms with Crippen molar-refractivity contribution in [3.63, 3.8) is 0 Å². The minimum absolute atomic E-state index is 0.0936. The van der Waals surface area contributed by atoms with E-state index >= 15 is 0 Å². The fraction of sp³-hybridized carbons (Fsp3) is 0.214. The summed E-state index contributed by atoms with van der Waals surface area (Å²) >= 11 is 7.34. The van der Waals surface area contributed by atoms with Crippen LogP contribution in [0, 0.1) is 0 Å². The highest BCUT2D eigenvalue weighted by Gasteiger charge is 2.14. The number of nitrogen functional groups attached to an aromatic ring is 1. The summed E-state index contributed by atoms with van der Waals surface area (Å²) in [5.41, 5.74) is 6.80. The third-order valence-electron chi connectivity index (χ3n) is 2.85. The van der Waals surface area contributed by atoms with Gasteiger partial charge in [0, 0.05) is 17.5 Å². The molecular formula is C14H15ClN2O2S. The summed E-state index contributed by atoms with van der Waals surface area (Å²) in [5.74, 6) is 0.470. The van der Waals surface area contributed by atoms with Crippen LogP contribution in [0.1, 0.15) is 15.2 Å². The number of hydrogen-bond acceptors (Lipinski definition) is 4. The second kappa shape index (κ2) is 6.15. The van der Waals surface area contributed by atoms with Crippen LogP contribution in [0.15, 0.2) is 30.3 Å². The van der Waals surface area contributed by atoms with E-state index < -0.39 is 0 Å². The molecule has 6 heteroatoms. The molecule has 0 atom stereocenters. The third kappa shape index (κ3) is 3.23. The number of thiophene rings is 1. The van der Waals surface area contributed by atoms with Gasteiger partial charge < -0.3 is 15.4 Å². The second-order valence-corrected chi connectivity index (χ2v) is 6.12. The van der Waals surface area contributed by atoms with Crippen molar-refractivity contribution in [2.45, 2.75) is 6.54 Å². The number of anilines is 1. The molecule has 0 radical (unpaired) electrons. The van der Waals surface area contributed by atoms with Gasteiger partial charge in [0.1, 0.15) is 5.75 Å². The van der Waals surface area contributed by atoms with Crippen LogP contribution in [-0.4, -0.2) is 25.0 Å². The van der Waals surface area contributed by atoms with E-state index in [1.165, 1.54) is 11.3 Å². The number of benzene rings is 1. The Morgan fingerprint density at radius 2 is 2.15 bits per heavy atom. The summed E-state index contributed by atoms with van der Waals surface area (Å²) in [6, 6.07) is 8.76. The number of hydrogen-bond donors (Lipinski definition) is 1. The molecule has 1 heterocycles. The fourth-order valence-corrected chi connectivity index (χ4v) is 2.97. The summed E-state index contributed by atoms with van der Waals surface area (Å²) in [6.45, 7) is 0.516. The van der Waals surface area contributed by atoms with Gasteiger partial charge >= 0.3 is 0 Å². The highest BCUT2D eigenvalue weighted by atomic mass is 35.5. The molecule has 0 saturated heterocycles. The molecule has 1 aromatic heterocycles. The molecule has 2 aromatic rings. The first kappa shape index (κ1) is 14.7. The summed E-state index contributed by atoms with van der Waals surface area (Å²) in [6.07, 6.45) is 0. The number of methoxy groups -OCH3 is 1. The number of carbonyl (C=O) groups excluding carboxylic acids is 1. The highest BCUT2D eigenvalue weighted by Crippen LogP contribution is 2.25. The van der Waals surface area contributed by atoms with Crippen molar-refractivity contribution in [1.82, 2.24) is 4.90 Å². The van der Waals surface area contributed by atoms with Crippen molar-refractivity contribution in [1.29, 1.82) is 0 Å².